The Bertz CT molecular complexity index is 155. The number of hydrogen-bond acceptors (Lipinski definition) is 3. The zero-order valence-corrected chi connectivity index (χ0v) is 8.37. The van der Waals surface area contributed by atoms with Gasteiger partial charge in [0.05, 0.1) is 7.11 Å². The molecule has 1 atom stereocenters. The van der Waals surface area contributed by atoms with Crippen LogP contribution in [-0.2, 0) is 9.53 Å². The Morgan fingerprint density at radius 1 is 1.50 bits per heavy atom. The maximum Gasteiger partial charge on any atom is 0.325 e. The fourth-order valence-electron chi connectivity index (χ4n) is 1.46. The van der Waals surface area contributed by atoms with Crippen LogP contribution in [0.2, 0.25) is 0 Å². The van der Waals surface area contributed by atoms with E-state index >= 15 is 0 Å². The number of nitrogens with one attached hydrogen (secondary N) is 1. The Balaban J connectivity index is 0.00000121. The summed E-state index contributed by atoms with van der Waals surface area (Å²) in [6.07, 6.45) is 3.16. The van der Waals surface area contributed by atoms with Gasteiger partial charge < -0.3 is 10.1 Å². The molecule has 4 heteroatoms. The van der Waals surface area contributed by atoms with E-state index in [-0.39, 0.29) is 18.4 Å². The molecule has 0 unspecified atom stereocenters. The molecule has 0 aromatic carbocycles. The summed E-state index contributed by atoms with van der Waals surface area (Å²) in [4.78, 5) is 11.2. The van der Waals surface area contributed by atoms with Crippen molar-refractivity contribution in [3.8, 4) is 0 Å². The highest BCUT2D eigenvalue weighted by molar-refractivity contribution is 5.85. The Kier molecular flexibility index (Phi) is 4.57. The first kappa shape index (κ1) is 11.7. The SMILES string of the molecule is COC(=O)[C@]1(C)CCCCN1.Cl. The fourth-order valence-corrected chi connectivity index (χ4v) is 1.46. The summed E-state index contributed by atoms with van der Waals surface area (Å²) in [5.74, 6) is -0.141. The number of carbonyl (C=O) groups excluding carboxylic acids is 1. The number of carbonyl (C=O) groups is 1. The lowest BCUT2D eigenvalue weighted by Crippen LogP contribution is -2.52. The van der Waals surface area contributed by atoms with Gasteiger partial charge in [0, 0.05) is 0 Å². The highest BCUT2D eigenvalue weighted by atomic mass is 35.5. The molecule has 1 N–H and O–H groups in total. The van der Waals surface area contributed by atoms with E-state index < -0.39 is 5.54 Å². The summed E-state index contributed by atoms with van der Waals surface area (Å²) in [6, 6.07) is 0. The van der Waals surface area contributed by atoms with Gasteiger partial charge in [-0.1, -0.05) is 0 Å². The van der Waals surface area contributed by atoms with Crippen LogP contribution < -0.4 is 5.32 Å². The van der Waals surface area contributed by atoms with Crippen LogP contribution >= 0.6 is 12.4 Å². The van der Waals surface area contributed by atoms with Crippen LogP contribution in [0.4, 0.5) is 0 Å². The number of rotatable bonds is 1. The number of piperidine rings is 1. The van der Waals surface area contributed by atoms with E-state index in [1.165, 1.54) is 7.11 Å². The second-order valence-electron chi connectivity index (χ2n) is 3.21. The van der Waals surface area contributed by atoms with Crippen LogP contribution in [0.5, 0.6) is 0 Å². The lowest BCUT2D eigenvalue weighted by molar-refractivity contribution is -0.148. The molecule has 12 heavy (non-hydrogen) atoms. The summed E-state index contributed by atoms with van der Waals surface area (Å²) in [5.41, 5.74) is -0.424. The van der Waals surface area contributed by atoms with E-state index in [9.17, 15) is 4.79 Å². The van der Waals surface area contributed by atoms with E-state index in [0.717, 1.165) is 25.8 Å². The Morgan fingerprint density at radius 3 is 2.58 bits per heavy atom. The Labute approximate surface area is 79.3 Å². The third-order valence-electron chi connectivity index (χ3n) is 2.25. The molecule has 0 bridgehead atoms. The maximum absolute atomic E-state index is 11.2. The molecule has 1 fully saturated rings. The average Bonchev–Trinajstić information content (AvgIpc) is 2.04. The Morgan fingerprint density at radius 2 is 2.17 bits per heavy atom. The van der Waals surface area contributed by atoms with Crippen molar-refractivity contribution < 1.29 is 9.53 Å². The normalized spacial score (nSPS) is 28.8. The van der Waals surface area contributed by atoms with Crippen LogP contribution in [0.3, 0.4) is 0 Å². The molecule has 0 saturated carbocycles. The van der Waals surface area contributed by atoms with Gasteiger partial charge >= 0.3 is 5.97 Å². The fraction of sp³-hybridized carbons (Fsp3) is 0.875. The monoisotopic (exact) mass is 193 g/mol. The van der Waals surface area contributed by atoms with Crippen LogP contribution in [0, 0.1) is 0 Å². The topological polar surface area (TPSA) is 38.3 Å². The summed E-state index contributed by atoms with van der Waals surface area (Å²) in [5, 5.41) is 3.17. The van der Waals surface area contributed by atoms with E-state index in [0.29, 0.717) is 0 Å². The van der Waals surface area contributed by atoms with Crippen molar-refractivity contribution in [1.29, 1.82) is 0 Å². The summed E-state index contributed by atoms with van der Waals surface area (Å²) in [7, 11) is 1.43. The summed E-state index contributed by atoms with van der Waals surface area (Å²) >= 11 is 0. The molecule has 1 saturated heterocycles. The lowest BCUT2D eigenvalue weighted by atomic mass is 9.91. The molecule has 0 aliphatic carbocycles. The van der Waals surface area contributed by atoms with Gasteiger partial charge in [0.25, 0.3) is 0 Å². The van der Waals surface area contributed by atoms with Crippen LogP contribution in [0.25, 0.3) is 0 Å². The third-order valence-corrected chi connectivity index (χ3v) is 2.25. The highest BCUT2D eigenvalue weighted by Crippen LogP contribution is 2.19. The molecule has 1 aliphatic heterocycles. The predicted octanol–water partition coefficient (Wildman–Crippen LogP) is 1.11. The molecule has 0 aromatic heterocycles. The van der Waals surface area contributed by atoms with Crippen molar-refractivity contribution in [2.24, 2.45) is 0 Å². The van der Waals surface area contributed by atoms with Gasteiger partial charge in [0.1, 0.15) is 5.54 Å². The lowest BCUT2D eigenvalue weighted by Gasteiger charge is -2.31. The maximum atomic E-state index is 11.2. The van der Waals surface area contributed by atoms with Gasteiger partial charge in [-0.25, -0.2) is 0 Å². The largest absolute Gasteiger partial charge is 0.468 e. The van der Waals surface area contributed by atoms with Gasteiger partial charge in [-0.15, -0.1) is 12.4 Å². The standard InChI is InChI=1S/C8H15NO2.ClH/c1-8(7(10)11-2)5-3-4-6-9-8;/h9H,3-6H2,1-2H3;1H/t8-;/m0./s1. The van der Waals surface area contributed by atoms with Crippen LogP contribution in [-0.4, -0.2) is 25.2 Å². The molecule has 0 amide bonds. The molecule has 1 heterocycles. The quantitative estimate of drug-likeness (QED) is 0.635. The minimum absolute atomic E-state index is 0. The number of ether oxygens (including phenoxy) is 1. The van der Waals surface area contributed by atoms with Crippen molar-refractivity contribution >= 4 is 18.4 Å². The molecule has 0 aromatic rings. The third kappa shape index (κ3) is 2.35. The highest BCUT2D eigenvalue weighted by Gasteiger charge is 2.34. The molecular formula is C8H16ClNO2. The van der Waals surface area contributed by atoms with Gasteiger partial charge in [-0.05, 0) is 32.7 Å². The first-order valence-corrected chi connectivity index (χ1v) is 4.02. The first-order valence-electron chi connectivity index (χ1n) is 4.02. The summed E-state index contributed by atoms with van der Waals surface area (Å²) in [6.45, 7) is 2.82. The molecule has 3 nitrogen and oxygen atoms in total. The average molecular weight is 194 g/mol. The van der Waals surface area contributed by atoms with Gasteiger partial charge in [-0.3, -0.25) is 4.79 Å². The second-order valence-corrected chi connectivity index (χ2v) is 3.21. The molecule has 72 valence electrons. The van der Waals surface area contributed by atoms with Crippen LogP contribution in [0.1, 0.15) is 26.2 Å². The predicted molar refractivity (Wildman–Crippen MR) is 49.5 cm³/mol. The van der Waals surface area contributed by atoms with Gasteiger partial charge in [0.15, 0.2) is 0 Å². The van der Waals surface area contributed by atoms with Crippen molar-refractivity contribution in [2.45, 2.75) is 31.7 Å². The second kappa shape index (κ2) is 4.67. The smallest absolute Gasteiger partial charge is 0.325 e. The zero-order valence-electron chi connectivity index (χ0n) is 7.55. The van der Waals surface area contributed by atoms with Crippen molar-refractivity contribution in [3.63, 3.8) is 0 Å². The Hall–Kier alpha value is -0.280. The van der Waals surface area contributed by atoms with E-state index in [2.05, 4.69) is 5.32 Å². The number of halogens is 1. The molecular weight excluding hydrogens is 178 g/mol. The first-order chi connectivity index (χ1) is 5.19. The van der Waals surface area contributed by atoms with E-state index in [1.54, 1.807) is 0 Å². The summed E-state index contributed by atoms with van der Waals surface area (Å²) < 4.78 is 4.69. The van der Waals surface area contributed by atoms with Crippen LogP contribution in [0.15, 0.2) is 0 Å². The molecule has 1 aliphatic rings. The van der Waals surface area contributed by atoms with E-state index in [4.69, 9.17) is 4.74 Å². The molecule has 0 radical (unpaired) electrons. The molecule has 1 rings (SSSR count). The van der Waals surface area contributed by atoms with Crippen molar-refractivity contribution in [2.75, 3.05) is 13.7 Å². The molecule has 0 spiro atoms. The minimum atomic E-state index is -0.424. The zero-order chi connectivity index (χ0) is 8.32. The van der Waals surface area contributed by atoms with Crippen molar-refractivity contribution in [3.05, 3.63) is 0 Å². The number of hydrogen-bond donors (Lipinski definition) is 1. The van der Waals surface area contributed by atoms with Gasteiger partial charge in [-0.2, -0.15) is 0 Å². The number of esters is 1. The number of methoxy groups -OCH3 is 1. The van der Waals surface area contributed by atoms with Crippen molar-refractivity contribution in [1.82, 2.24) is 5.32 Å². The minimum Gasteiger partial charge on any atom is -0.468 e. The van der Waals surface area contributed by atoms with Gasteiger partial charge in [0.2, 0.25) is 0 Å². The van der Waals surface area contributed by atoms with E-state index in [1.807, 2.05) is 6.92 Å².